The number of nitrogens with zero attached hydrogens (tertiary/aromatic N) is 1. The predicted octanol–water partition coefficient (Wildman–Crippen LogP) is 2.20. The molecule has 1 fully saturated rings. The summed E-state index contributed by atoms with van der Waals surface area (Å²) in [6, 6.07) is 5.53. The van der Waals surface area contributed by atoms with Crippen LogP contribution in [0, 0.1) is 11.8 Å². The molecule has 1 aromatic carbocycles. The van der Waals surface area contributed by atoms with Gasteiger partial charge >= 0.3 is 0 Å². The average molecular weight is 282 g/mol. The summed E-state index contributed by atoms with van der Waals surface area (Å²) in [6.07, 6.45) is 0. The zero-order valence-corrected chi connectivity index (χ0v) is 12.3. The van der Waals surface area contributed by atoms with Crippen molar-refractivity contribution in [1.29, 1.82) is 0 Å². The van der Waals surface area contributed by atoms with Gasteiger partial charge in [-0.1, -0.05) is 18.5 Å². The molecule has 1 amide bonds. The lowest BCUT2D eigenvalue weighted by molar-refractivity contribution is -0.120. The quantitative estimate of drug-likeness (QED) is 0.893. The second-order valence-electron chi connectivity index (χ2n) is 5.29. The number of rotatable bonds is 3. The van der Waals surface area contributed by atoms with Crippen LogP contribution in [0.5, 0.6) is 0 Å². The van der Waals surface area contributed by atoms with E-state index in [4.69, 9.17) is 11.6 Å². The molecular formula is C14H20ClN3O. The van der Waals surface area contributed by atoms with Gasteiger partial charge in [-0.2, -0.15) is 0 Å². The highest BCUT2D eigenvalue weighted by atomic mass is 35.5. The third kappa shape index (κ3) is 3.19. The van der Waals surface area contributed by atoms with Gasteiger partial charge in [-0.25, -0.2) is 0 Å². The molecule has 0 unspecified atom stereocenters. The van der Waals surface area contributed by atoms with Crippen LogP contribution < -0.4 is 15.5 Å². The molecule has 1 saturated heterocycles. The van der Waals surface area contributed by atoms with Gasteiger partial charge in [0.05, 0.1) is 17.3 Å². The molecule has 0 aromatic heterocycles. The predicted molar refractivity (Wildman–Crippen MR) is 79.9 cm³/mol. The van der Waals surface area contributed by atoms with Gasteiger partial charge in [-0.3, -0.25) is 4.79 Å². The average Bonchev–Trinajstić information content (AvgIpc) is 2.75. The molecular weight excluding hydrogens is 262 g/mol. The van der Waals surface area contributed by atoms with E-state index in [1.54, 1.807) is 6.07 Å². The molecule has 1 aliphatic rings. The number of benzene rings is 1. The first-order valence-electron chi connectivity index (χ1n) is 6.47. The van der Waals surface area contributed by atoms with Crippen LogP contribution in [0.2, 0.25) is 5.02 Å². The van der Waals surface area contributed by atoms with E-state index in [-0.39, 0.29) is 11.8 Å². The molecule has 19 heavy (non-hydrogen) atoms. The smallest absolute Gasteiger partial charge is 0.229 e. The van der Waals surface area contributed by atoms with E-state index in [1.165, 1.54) is 0 Å². The Morgan fingerprint density at radius 2 is 2.16 bits per heavy atom. The van der Waals surface area contributed by atoms with E-state index < -0.39 is 0 Å². The summed E-state index contributed by atoms with van der Waals surface area (Å²) < 4.78 is 0. The van der Waals surface area contributed by atoms with Gasteiger partial charge in [-0.05, 0) is 30.7 Å². The fourth-order valence-corrected chi connectivity index (χ4v) is 2.56. The minimum atomic E-state index is 0.0222. The second kappa shape index (κ2) is 5.80. The number of halogens is 1. The topological polar surface area (TPSA) is 44.4 Å². The van der Waals surface area contributed by atoms with Crippen molar-refractivity contribution in [2.24, 2.45) is 11.8 Å². The van der Waals surface area contributed by atoms with E-state index in [0.29, 0.717) is 10.9 Å². The maximum Gasteiger partial charge on any atom is 0.229 e. The van der Waals surface area contributed by atoms with E-state index >= 15 is 0 Å². The Bertz CT molecular complexity index is 476. The number of nitrogens with one attached hydrogen (secondary N) is 2. The Kier molecular flexibility index (Phi) is 4.32. The molecule has 0 saturated carbocycles. The molecule has 0 radical (unpaired) electrons. The Morgan fingerprint density at radius 3 is 2.74 bits per heavy atom. The van der Waals surface area contributed by atoms with Gasteiger partial charge in [0.15, 0.2) is 0 Å². The number of anilines is 2. The van der Waals surface area contributed by atoms with Gasteiger partial charge in [0, 0.05) is 25.7 Å². The van der Waals surface area contributed by atoms with Crippen LogP contribution in [0.25, 0.3) is 0 Å². The number of hydrogen-bond acceptors (Lipinski definition) is 3. The fourth-order valence-electron chi connectivity index (χ4n) is 2.38. The molecule has 5 heteroatoms. The molecule has 1 heterocycles. The molecule has 2 atom stereocenters. The lowest BCUT2D eigenvalue weighted by atomic mass is 9.97. The number of carbonyl (C=O) groups is 1. The van der Waals surface area contributed by atoms with Gasteiger partial charge < -0.3 is 15.5 Å². The lowest BCUT2D eigenvalue weighted by Crippen LogP contribution is -2.28. The van der Waals surface area contributed by atoms with Gasteiger partial charge in [0.1, 0.15) is 0 Å². The van der Waals surface area contributed by atoms with Crippen LogP contribution in [0.15, 0.2) is 18.2 Å². The largest absolute Gasteiger partial charge is 0.376 e. The Balaban J connectivity index is 2.18. The highest BCUT2D eigenvalue weighted by molar-refractivity contribution is 6.31. The monoisotopic (exact) mass is 281 g/mol. The fraction of sp³-hybridized carbons (Fsp3) is 0.500. The van der Waals surface area contributed by atoms with Crippen molar-refractivity contribution in [3.05, 3.63) is 23.2 Å². The van der Waals surface area contributed by atoms with Crippen LogP contribution in [-0.4, -0.2) is 33.1 Å². The summed E-state index contributed by atoms with van der Waals surface area (Å²) in [6.45, 7) is 3.73. The zero-order valence-electron chi connectivity index (χ0n) is 11.5. The molecule has 0 aliphatic carbocycles. The lowest BCUT2D eigenvalue weighted by Gasteiger charge is -2.20. The van der Waals surface area contributed by atoms with E-state index in [0.717, 1.165) is 24.5 Å². The SMILES string of the molecule is C[C@@H]1CNC[C@H]1C(=O)Nc1cc(Cl)ccc1N(C)C. The maximum atomic E-state index is 12.3. The Hall–Kier alpha value is -1.26. The van der Waals surface area contributed by atoms with Gasteiger partial charge in [0.25, 0.3) is 0 Å². The highest BCUT2D eigenvalue weighted by Crippen LogP contribution is 2.29. The molecule has 2 N–H and O–H groups in total. The molecule has 4 nitrogen and oxygen atoms in total. The molecule has 1 aliphatic heterocycles. The van der Waals surface area contributed by atoms with Crippen LogP contribution in [0.4, 0.5) is 11.4 Å². The number of carbonyl (C=O) groups excluding carboxylic acids is 1. The molecule has 2 rings (SSSR count). The summed E-state index contributed by atoms with van der Waals surface area (Å²) >= 11 is 6.01. The minimum Gasteiger partial charge on any atom is -0.376 e. The first-order valence-corrected chi connectivity index (χ1v) is 6.85. The maximum absolute atomic E-state index is 12.3. The Morgan fingerprint density at radius 1 is 1.42 bits per heavy atom. The summed E-state index contributed by atoms with van der Waals surface area (Å²) in [5, 5.41) is 6.86. The van der Waals surface area contributed by atoms with Crippen LogP contribution in [0.3, 0.4) is 0 Å². The zero-order chi connectivity index (χ0) is 14.0. The van der Waals surface area contributed by atoms with Gasteiger partial charge in [0.2, 0.25) is 5.91 Å². The van der Waals surface area contributed by atoms with Crippen LogP contribution in [0.1, 0.15) is 6.92 Å². The van der Waals surface area contributed by atoms with Crippen molar-refractivity contribution >= 4 is 28.9 Å². The van der Waals surface area contributed by atoms with Crippen molar-refractivity contribution in [2.75, 3.05) is 37.4 Å². The number of amides is 1. The minimum absolute atomic E-state index is 0.0222. The molecule has 0 bridgehead atoms. The van der Waals surface area contributed by atoms with Crippen molar-refractivity contribution in [2.45, 2.75) is 6.92 Å². The van der Waals surface area contributed by atoms with Gasteiger partial charge in [-0.15, -0.1) is 0 Å². The van der Waals surface area contributed by atoms with Crippen molar-refractivity contribution in [3.8, 4) is 0 Å². The molecule has 1 aromatic rings. The van der Waals surface area contributed by atoms with Crippen LogP contribution in [-0.2, 0) is 4.79 Å². The summed E-state index contributed by atoms with van der Waals surface area (Å²) in [4.78, 5) is 14.3. The third-order valence-electron chi connectivity index (χ3n) is 3.55. The third-order valence-corrected chi connectivity index (χ3v) is 3.79. The van der Waals surface area contributed by atoms with Crippen molar-refractivity contribution < 1.29 is 4.79 Å². The van der Waals surface area contributed by atoms with E-state index in [1.807, 2.05) is 31.1 Å². The standard InChI is InChI=1S/C14H20ClN3O/c1-9-7-16-8-11(9)14(19)17-12-6-10(15)4-5-13(12)18(2)3/h4-6,9,11,16H,7-8H2,1-3H3,(H,17,19)/t9-,11-/m1/s1. The number of hydrogen-bond donors (Lipinski definition) is 2. The first kappa shape index (κ1) is 14.2. The van der Waals surface area contributed by atoms with E-state index in [9.17, 15) is 4.79 Å². The van der Waals surface area contributed by atoms with E-state index in [2.05, 4.69) is 17.6 Å². The normalized spacial score (nSPS) is 22.3. The first-order chi connectivity index (χ1) is 8.99. The summed E-state index contributed by atoms with van der Waals surface area (Å²) in [5.41, 5.74) is 1.72. The Labute approximate surface area is 119 Å². The van der Waals surface area contributed by atoms with Crippen molar-refractivity contribution in [3.63, 3.8) is 0 Å². The summed E-state index contributed by atoms with van der Waals surface area (Å²) in [7, 11) is 3.89. The second-order valence-corrected chi connectivity index (χ2v) is 5.72. The summed E-state index contributed by atoms with van der Waals surface area (Å²) in [5.74, 6) is 0.443. The highest BCUT2D eigenvalue weighted by Gasteiger charge is 2.29. The molecule has 0 spiro atoms. The van der Waals surface area contributed by atoms with Crippen molar-refractivity contribution in [1.82, 2.24) is 5.32 Å². The van der Waals surface area contributed by atoms with Crippen LogP contribution >= 0.6 is 11.6 Å². The molecule has 104 valence electrons.